The molecule has 172 valence electrons. The normalized spacial score (nSPS) is 11.1. The second-order valence-corrected chi connectivity index (χ2v) is 11.4. The smallest absolute Gasteiger partial charge is 0.309 e. The highest BCUT2D eigenvalue weighted by Crippen LogP contribution is 2.55. The number of ether oxygens (including phenoxy) is 1. The molecule has 0 spiro atoms. The van der Waals surface area contributed by atoms with Gasteiger partial charge in [0, 0.05) is 0 Å². The fourth-order valence-electron chi connectivity index (χ4n) is 4.02. The summed E-state index contributed by atoms with van der Waals surface area (Å²) in [6, 6.07) is 42.0. The molecule has 2 nitrogen and oxygen atoms in total. The van der Waals surface area contributed by atoms with E-state index in [1.807, 2.05) is 36.4 Å². The third-order valence-corrected chi connectivity index (χ3v) is 9.96. The van der Waals surface area contributed by atoms with E-state index >= 15 is 0 Å². The van der Waals surface area contributed by atoms with Gasteiger partial charge in [0.2, 0.25) is 0 Å². The Hall–Kier alpha value is -3.00. The van der Waals surface area contributed by atoms with Crippen molar-refractivity contribution in [3.8, 4) is 0 Å². The summed E-state index contributed by atoms with van der Waals surface area (Å²) >= 11 is 0. The number of allylic oxidation sites excluding steroid dienone is 1. The molecule has 0 aliphatic heterocycles. The molecule has 0 aliphatic carbocycles. The molecule has 4 rings (SSSR count). The third-order valence-electron chi connectivity index (χ3n) is 5.66. The monoisotopic (exact) mass is 531 g/mol. The Labute approximate surface area is 213 Å². The molecule has 0 unspecified atom stereocenters. The number of halogens is 1. The topological polar surface area (TPSA) is 26.3 Å². The van der Waals surface area contributed by atoms with Crippen molar-refractivity contribution in [1.29, 1.82) is 0 Å². The molecule has 0 saturated carbocycles. The lowest BCUT2D eigenvalue weighted by Crippen LogP contribution is -2.32. The quantitative estimate of drug-likeness (QED) is 0.145. The van der Waals surface area contributed by atoms with Crippen LogP contribution in [0.3, 0.4) is 0 Å². The summed E-state index contributed by atoms with van der Waals surface area (Å²) in [5.74, 6) is -0.210. The number of rotatable bonds is 9. The van der Waals surface area contributed by atoms with E-state index in [9.17, 15) is 4.79 Å². The third kappa shape index (κ3) is 6.32. The zero-order chi connectivity index (χ0) is 22.8. The van der Waals surface area contributed by atoms with Gasteiger partial charge in [0.1, 0.15) is 29.8 Å². The van der Waals surface area contributed by atoms with E-state index in [0.717, 1.165) is 11.7 Å². The minimum atomic E-state index is -1.92. The van der Waals surface area contributed by atoms with Gasteiger partial charge in [-0.05, 0) is 48.0 Å². The van der Waals surface area contributed by atoms with Crippen LogP contribution in [0.4, 0.5) is 0 Å². The largest absolute Gasteiger partial charge is 0.461 e. The zero-order valence-electron chi connectivity index (χ0n) is 19.0. The number of esters is 1. The number of benzene rings is 4. The van der Waals surface area contributed by atoms with E-state index in [1.54, 1.807) is 0 Å². The molecular weight excluding hydrogens is 503 g/mol. The molecule has 0 bridgehead atoms. The first kappa shape index (κ1) is 25.6. The predicted octanol–water partition coefficient (Wildman–Crippen LogP) is 6.25. The average Bonchev–Trinajstić information content (AvgIpc) is 2.90. The van der Waals surface area contributed by atoms with Gasteiger partial charge in [-0.25, -0.2) is 0 Å². The highest BCUT2D eigenvalue weighted by Gasteiger charge is 2.43. The molecule has 0 aromatic heterocycles. The van der Waals surface area contributed by atoms with Crippen molar-refractivity contribution < 1.29 is 9.53 Å². The first-order valence-electron chi connectivity index (χ1n) is 11.2. The van der Waals surface area contributed by atoms with Gasteiger partial charge in [-0.1, -0.05) is 91.0 Å². The van der Waals surface area contributed by atoms with Crippen LogP contribution in [-0.2, 0) is 16.1 Å². The summed E-state index contributed by atoms with van der Waals surface area (Å²) < 4.78 is 5.43. The van der Waals surface area contributed by atoms with Crippen molar-refractivity contribution >= 4 is 46.1 Å². The summed E-state index contributed by atoms with van der Waals surface area (Å²) in [5, 5.41) is 4.00. The second-order valence-electron chi connectivity index (χ2n) is 7.82. The predicted molar refractivity (Wildman–Crippen MR) is 150 cm³/mol. The fourth-order valence-corrected chi connectivity index (χ4v) is 8.06. The van der Waals surface area contributed by atoms with E-state index < -0.39 is 7.26 Å². The number of hydrogen-bond donors (Lipinski definition) is 0. The molecule has 4 heteroatoms. The minimum absolute atomic E-state index is 0. The summed E-state index contributed by atoms with van der Waals surface area (Å²) in [4.78, 5) is 12.3. The van der Waals surface area contributed by atoms with Gasteiger partial charge in [0.05, 0.1) is 12.6 Å². The van der Waals surface area contributed by atoms with Gasteiger partial charge in [-0.2, -0.15) is 0 Å². The van der Waals surface area contributed by atoms with Crippen molar-refractivity contribution in [2.75, 3.05) is 6.16 Å². The second kappa shape index (κ2) is 13.0. The number of carbonyl (C=O) groups is 1. The van der Waals surface area contributed by atoms with Crippen LogP contribution >= 0.6 is 24.2 Å². The molecular formula is C30H29BrO2P+. The van der Waals surface area contributed by atoms with Crippen LogP contribution in [0.1, 0.15) is 12.0 Å². The fraction of sp³-hybridized carbons (Fsp3) is 0.100. The minimum Gasteiger partial charge on any atom is -0.461 e. The van der Waals surface area contributed by atoms with Crippen LogP contribution in [0.15, 0.2) is 133 Å². The van der Waals surface area contributed by atoms with E-state index in [-0.39, 0.29) is 29.4 Å². The summed E-state index contributed by atoms with van der Waals surface area (Å²) in [7, 11) is -1.92. The first-order valence-corrected chi connectivity index (χ1v) is 13.2. The lowest BCUT2D eigenvalue weighted by molar-refractivity contribution is -0.143. The Kier molecular flexibility index (Phi) is 9.82. The molecule has 0 fully saturated rings. The highest BCUT2D eigenvalue weighted by atomic mass is 79.9. The zero-order valence-corrected chi connectivity index (χ0v) is 21.6. The van der Waals surface area contributed by atoms with Crippen molar-refractivity contribution in [2.45, 2.75) is 13.0 Å². The molecule has 0 heterocycles. The van der Waals surface area contributed by atoms with Crippen LogP contribution in [0.2, 0.25) is 0 Å². The molecule has 0 N–H and O–H groups in total. The Morgan fingerprint density at radius 1 is 0.618 bits per heavy atom. The Morgan fingerprint density at radius 3 is 1.47 bits per heavy atom. The van der Waals surface area contributed by atoms with Gasteiger partial charge in [0.25, 0.3) is 0 Å². The maximum atomic E-state index is 12.3. The number of carbonyl (C=O) groups excluding carboxylic acids is 1. The van der Waals surface area contributed by atoms with Gasteiger partial charge in [-0.15, -0.1) is 17.0 Å². The van der Waals surface area contributed by atoms with E-state index in [1.165, 1.54) is 15.9 Å². The molecule has 0 radical (unpaired) electrons. The standard InChI is InChI=1S/C30H28O2P.BrH/c31-30(32-25-26-15-5-1-6-16-26)23-13-14-24-33(27-17-7-2-8-18-27,28-19-9-3-10-20-28)29-21-11-4-12-22-29;/h1-22H,23-25H2;1H/q+1;. The Bertz CT molecular complexity index is 1070. The molecule has 4 aromatic carbocycles. The SMILES string of the molecule is Br.O=C(CC=CC[P+](c1ccccc1)(c1ccccc1)c1ccccc1)OCc1ccccc1. The molecule has 0 atom stereocenters. The van der Waals surface area contributed by atoms with E-state index in [4.69, 9.17) is 4.74 Å². The molecule has 4 aromatic rings. The molecule has 34 heavy (non-hydrogen) atoms. The van der Waals surface area contributed by atoms with Crippen molar-refractivity contribution in [3.05, 3.63) is 139 Å². The number of hydrogen-bond acceptors (Lipinski definition) is 2. The van der Waals surface area contributed by atoms with Gasteiger partial charge < -0.3 is 4.74 Å². The van der Waals surface area contributed by atoms with Crippen molar-refractivity contribution in [3.63, 3.8) is 0 Å². The Balaban J connectivity index is 0.00000324. The molecule has 0 saturated heterocycles. The van der Waals surface area contributed by atoms with E-state index in [2.05, 4.69) is 97.1 Å². The lowest BCUT2D eigenvalue weighted by atomic mass is 10.2. The average molecular weight is 532 g/mol. The molecule has 0 amide bonds. The van der Waals surface area contributed by atoms with Gasteiger partial charge >= 0.3 is 5.97 Å². The van der Waals surface area contributed by atoms with Crippen molar-refractivity contribution in [2.24, 2.45) is 0 Å². The molecule has 0 aliphatic rings. The van der Waals surface area contributed by atoms with Gasteiger partial charge in [0.15, 0.2) is 0 Å². The van der Waals surface area contributed by atoms with Gasteiger partial charge in [-0.3, -0.25) is 4.79 Å². The highest BCUT2D eigenvalue weighted by molar-refractivity contribution is 8.93. The van der Waals surface area contributed by atoms with Crippen molar-refractivity contribution in [1.82, 2.24) is 0 Å². The van der Waals surface area contributed by atoms with Crippen LogP contribution < -0.4 is 15.9 Å². The van der Waals surface area contributed by atoms with Crippen LogP contribution in [-0.4, -0.2) is 12.1 Å². The maximum absolute atomic E-state index is 12.3. The van der Waals surface area contributed by atoms with Crippen LogP contribution in [0.25, 0.3) is 0 Å². The summed E-state index contributed by atoms with van der Waals surface area (Å²) in [5.41, 5.74) is 0.997. The first-order chi connectivity index (χ1) is 16.3. The lowest BCUT2D eigenvalue weighted by Gasteiger charge is -2.26. The van der Waals surface area contributed by atoms with E-state index in [0.29, 0.717) is 6.61 Å². The maximum Gasteiger partial charge on any atom is 0.309 e. The Morgan fingerprint density at radius 2 is 1.03 bits per heavy atom. The van der Waals surface area contributed by atoms with Crippen LogP contribution in [0.5, 0.6) is 0 Å². The summed E-state index contributed by atoms with van der Waals surface area (Å²) in [6.45, 7) is 0.308. The summed E-state index contributed by atoms with van der Waals surface area (Å²) in [6.07, 6.45) is 5.23. The van der Waals surface area contributed by atoms with Crippen LogP contribution in [0, 0.1) is 0 Å².